The van der Waals surface area contributed by atoms with Crippen molar-refractivity contribution in [3.05, 3.63) is 108 Å². The molecule has 0 N–H and O–H groups in total. The Morgan fingerprint density at radius 2 is 1.42 bits per heavy atom. The maximum atomic E-state index is 14.0. The van der Waals surface area contributed by atoms with Gasteiger partial charge in [0.15, 0.2) is 0 Å². The summed E-state index contributed by atoms with van der Waals surface area (Å²) in [6.45, 7) is 5.59. The number of esters is 1. The molecule has 2 fully saturated rings. The fraction of sp³-hybridized carbons (Fsp3) is 0.323. The van der Waals surface area contributed by atoms with Gasteiger partial charge in [0.2, 0.25) is 5.91 Å². The average Bonchev–Trinajstić information content (AvgIpc) is 3.27. The maximum Gasteiger partial charge on any atom is 0.411 e. The van der Waals surface area contributed by atoms with Gasteiger partial charge in [-0.3, -0.25) is 9.69 Å². The predicted octanol–water partition coefficient (Wildman–Crippen LogP) is 5.09. The summed E-state index contributed by atoms with van der Waals surface area (Å²) in [6.07, 6.45) is -0.237. The summed E-state index contributed by atoms with van der Waals surface area (Å²) in [6, 6.07) is 26.1. The van der Waals surface area contributed by atoms with Gasteiger partial charge in [-0.1, -0.05) is 91.0 Å². The zero-order valence-electron chi connectivity index (χ0n) is 21.8. The van der Waals surface area contributed by atoms with E-state index in [2.05, 4.69) is 0 Å². The molecule has 4 atom stereocenters. The van der Waals surface area contributed by atoms with Crippen LogP contribution in [0.1, 0.15) is 49.5 Å². The molecule has 0 aromatic heterocycles. The van der Waals surface area contributed by atoms with E-state index < -0.39 is 41.8 Å². The fourth-order valence-corrected chi connectivity index (χ4v) is 5.28. The Labute approximate surface area is 223 Å². The standard InChI is InChI=1S/C31H32N2O5/c1-31(2,3)38-29(35)24(19-21-13-7-4-8-14-21)32-26(23-17-11-6-12-18-23)27(28(32)34)33-25(20-37-30(33)36)22-15-9-5-10-16-22/h4-18,24-27H,19-20H2,1-3H3/t24-,25-,26-,27+/m1/s1. The Balaban J connectivity index is 1.55. The highest BCUT2D eigenvalue weighted by atomic mass is 16.6. The van der Waals surface area contributed by atoms with Crippen LogP contribution in [0.3, 0.4) is 0 Å². The minimum absolute atomic E-state index is 0.160. The summed E-state index contributed by atoms with van der Waals surface area (Å²) in [5.41, 5.74) is 1.92. The van der Waals surface area contributed by atoms with Crippen molar-refractivity contribution in [2.75, 3.05) is 6.61 Å². The first-order valence-electron chi connectivity index (χ1n) is 12.9. The minimum atomic E-state index is -0.862. The normalized spacial score (nSPS) is 22.0. The van der Waals surface area contributed by atoms with Gasteiger partial charge in [0.25, 0.3) is 0 Å². The summed E-state index contributed by atoms with van der Waals surface area (Å²) >= 11 is 0. The number of hydrogen-bond acceptors (Lipinski definition) is 5. The molecular formula is C31H32N2O5. The molecule has 3 aromatic rings. The summed E-state index contributed by atoms with van der Waals surface area (Å²) in [4.78, 5) is 43.8. The van der Waals surface area contributed by atoms with Gasteiger partial charge >= 0.3 is 12.1 Å². The molecule has 0 saturated carbocycles. The van der Waals surface area contributed by atoms with Crippen molar-refractivity contribution in [1.29, 1.82) is 0 Å². The molecule has 3 aromatic carbocycles. The number of carbonyl (C=O) groups excluding carboxylic acids is 3. The van der Waals surface area contributed by atoms with Crippen LogP contribution in [-0.4, -0.2) is 52.1 Å². The monoisotopic (exact) mass is 512 g/mol. The summed E-state index contributed by atoms with van der Waals surface area (Å²) in [7, 11) is 0. The molecule has 0 unspecified atom stereocenters. The van der Waals surface area contributed by atoms with Crippen LogP contribution in [0.25, 0.3) is 0 Å². The first-order chi connectivity index (χ1) is 18.2. The van der Waals surface area contributed by atoms with Gasteiger partial charge in [0.1, 0.15) is 24.3 Å². The first kappa shape index (κ1) is 25.5. The highest BCUT2D eigenvalue weighted by molar-refractivity contribution is 5.96. The van der Waals surface area contributed by atoms with Crippen molar-refractivity contribution in [3.8, 4) is 0 Å². The molecule has 0 aliphatic carbocycles. The van der Waals surface area contributed by atoms with Crippen molar-refractivity contribution in [2.24, 2.45) is 0 Å². The van der Waals surface area contributed by atoms with Gasteiger partial charge in [0.05, 0.1) is 12.1 Å². The van der Waals surface area contributed by atoms with E-state index in [-0.39, 0.29) is 12.5 Å². The maximum absolute atomic E-state index is 14.0. The van der Waals surface area contributed by atoms with Crippen molar-refractivity contribution in [2.45, 2.75) is 57.0 Å². The molecule has 2 amide bonds. The van der Waals surface area contributed by atoms with E-state index in [1.165, 1.54) is 0 Å². The molecule has 7 heteroatoms. The fourth-order valence-electron chi connectivity index (χ4n) is 5.28. The summed E-state index contributed by atoms with van der Waals surface area (Å²) in [5, 5.41) is 0. The van der Waals surface area contributed by atoms with Crippen LogP contribution in [0.5, 0.6) is 0 Å². The average molecular weight is 513 g/mol. The lowest BCUT2D eigenvalue weighted by molar-refractivity contribution is -0.179. The van der Waals surface area contributed by atoms with Gasteiger partial charge in [0, 0.05) is 6.42 Å². The number of likely N-dealkylation sites (tertiary alicyclic amines) is 1. The van der Waals surface area contributed by atoms with Crippen LogP contribution in [0.15, 0.2) is 91.0 Å². The van der Waals surface area contributed by atoms with E-state index in [9.17, 15) is 14.4 Å². The van der Waals surface area contributed by atoms with E-state index in [0.29, 0.717) is 6.42 Å². The lowest BCUT2D eigenvalue weighted by Gasteiger charge is -2.53. The molecule has 2 heterocycles. The second kappa shape index (κ2) is 10.3. The van der Waals surface area contributed by atoms with Gasteiger partial charge in [-0.05, 0) is 37.5 Å². The number of carbonyl (C=O) groups is 3. The Hall–Kier alpha value is -4.13. The molecule has 5 rings (SSSR count). The molecule has 7 nitrogen and oxygen atoms in total. The third kappa shape index (κ3) is 5.01. The van der Waals surface area contributed by atoms with Crippen LogP contribution >= 0.6 is 0 Å². The zero-order valence-corrected chi connectivity index (χ0v) is 21.8. The van der Waals surface area contributed by atoms with E-state index in [1.807, 2.05) is 112 Å². The third-order valence-corrected chi connectivity index (χ3v) is 6.93. The SMILES string of the molecule is CC(C)(C)OC(=O)[C@@H](Cc1ccccc1)N1C(=O)[C@@H](N2C(=O)OC[C@@H]2c2ccccc2)[C@H]1c1ccccc1. The highest BCUT2D eigenvalue weighted by Gasteiger charge is 2.59. The predicted molar refractivity (Wildman–Crippen MR) is 142 cm³/mol. The van der Waals surface area contributed by atoms with Gasteiger partial charge in [-0.25, -0.2) is 9.59 Å². The van der Waals surface area contributed by atoms with Crippen LogP contribution in [0.2, 0.25) is 0 Å². The van der Waals surface area contributed by atoms with Crippen LogP contribution in [0, 0.1) is 0 Å². The Morgan fingerprint density at radius 3 is 2.00 bits per heavy atom. The van der Waals surface area contributed by atoms with Crippen molar-refractivity contribution < 1.29 is 23.9 Å². The smallest absolute Gasteiger partial charge is 0.411 e. The summed E-state index contributed by atoms with van der Waals surface area (Å²) < 4.78 is 11.2. The van der Waals surface area contributed by atoms with E-state index in [0.717, 1.165) is 16.7 Å². The number of rotatable bonds is 7. The number of cyclic esters (lactones) is 1. The van der Waals surface area contributed by atoms with Crippen molar-refractivity contribution in [1.82, 2.24) is 9.80 Å². The number of ether oxygens (including phenoxy) is 2. The molecule has 38 heavy (non-hydrogen) atoms. The van der Waals surface area contributed by atoms with Crippen LogP contribution in [-0.2, 0) is 25.5 Å². The number of benzene rings is 3. The Bertz CT molecular complexity index is 1290. The molecule has 196 valence electrons. The lowest BCUT2D eigenvalue weighted by atomic mass is 9.83. The minimum Gasteiger partial charge on any atom is -0.458 e. The number of nitrogens with zero attached hydrogens (tertiary/aromatic N) is 2. The Morgan fingerprint density at radius 1 is 0.868 bits per heavy atom. The van der Waals surface area contributed by atoms with Crippen molar-refractivity contribution in [3.63, 3.8) is 0 Å². The van der Waals surface area contributed by atoms with Crippen LogP contribution < -0.4 is 0 Å². The molecule has 2 aliphatic rings. The third-order valence-electron chi connectivity index (χ3n) is 6.93. The van der Waals surface area contributed by atoms with Crippen LogP contribution in [0.4, 0.5) is 4.79 Å². The van der Waals surface area contributed by atoms with Gasteiger partial charge in [-0.15, -0.1) is 0 Å². The lowest BCUT2D eigenvalue weighted by Crippen LogP contribution is -2.70. The topological polar surface area (TPSA) is 76.2 Å². The number of β-lactam (4-membered cyclic amide) rings is 1. The molecule has 2 saturated heterocycles. The van der Waals surface area contributed by atoms with E-state index >= 15 is 0 Å². The second-order valence-electron chi connectivity index (χ2n) is 10.7. The molecule has 0 bridgehead atoms. The molecule has 2 aliphatic heterocycles. The Kier molecular flexibility index (Phi) is 6.93. The van der Waals surface area contributed by atoms with Gasteiger partial charge < -0.3 is 14.4 Å². The number of hydrogen-bond donors (Lipinski definition) is 0. The van der Waals surface area contributed by atoms with E-state index in [4.69, 9.17) is 9.47 Å². The van der Waals surface area contributed by atoms with E-state index in [1.54, 1.807) is 9.80 Å². The van der Waals surface area contributed by atoms with Gasteiger partial charge in [-0.2, -0.15) is 0 Å². The molecule has 0 radical (unpaired) electrons. The zero-order chi connectivity index (χ0) is 26.9. The largest absolute Gasteiger partial charge is 0.458 e. The van der Waals surface area contributed by atoms with Crippen molar-refractivity contribution >= 4 is 18.0 Å². The molecule has 0 spiro atoms. The number of amides is 2. The highest BCUT2D eigenvalue weighted by Crippen LogP contribution is 2.45. The first-order valence-corrected chi connectivity index (χ1v) is 12.9. The second-order valence-corrected chi connectivity index (χ2v) is 10.7. The summed E-state index contributed by atoms with van der Waals surface area (Å²) in [5.74, 6) is -0.775. The quantitative estimate of drug-likeness (QED) is 0.326. The molecular weight excluding hydrogens is 480 g/mol.